The van der Waals surface area contributed by atoms with E-state index >= 15 is 0 Å². The fraction of sp³-hybridized carbons (Fsp3) is 0.541. The number of benzene rings is 2. The largest absolute Gasteiger partial charge is 0.462 e. The number of carbonyl (C=O) groups excluding carboxylic acids is 1. The van der Waals surface area contributed by atoms with Gasteiger partial charge in [0.25, 0.3) is 0 Å². The minimum Gasteiger partial charge on any atom is -0.462 e. The molecule has 2 rings (SSSR count). The SMILES string of the molecule is CCCCCCCCOC(=O)/C(=C/C=C/N(CC)CC)S(=O)(=O)c1ccccc1.COC(CC(OC)OC)OC.Cc1ccccc1. The first kappa shape index (κ1) is 44.0. The van der Waals surface area contributed by atoms with Crippen molar-refractivity contribution in [2.45, 2.75) is 90.1 Å². The Morgan fingerprint density at radius 2 is 1.23 bits per heavy atom. The van der Waals surface area contributed by atoms with Crippen molar-refractivity contribution >= 4 is 15.8 Å². The Bertz CT molecular complexity index is 1180. The molecule has 0 amide bonds. The number of methoxy groups -OCH3 is 4. The lowest BCUT2D eigenvalue weighted by molar-refractivity contribution is -0.178. The van der Waals surface area contributed by atoms with Crippen LogP contribution in [0.3, 0.4) is 0 Å². The third-order valence-corrected chi connectivity index (χ3v) is 8.78. The molecule has 0 aliphatic heterocycles. The highest BCUT2D eigenvalue weighted by molar-refractivity contribution is 7.96. The molecular weight excluding hydrogens is 618 g/mol. The number of aryl methyl sites for hydroxylation is 1. The van der Waals surface area contributed by atoms with Crippen LogP contribution in [0.15, 0.2) is 88.8 Å². The van der Waals surface area contributed by atoms with Gasteiger partial charge in [-0.05, 0) is 57.7 Å². The first-order valence-corrected chi connectivity index (χ1v) is 17.9. The lowest BCUT2D eigenvalue weighted by atomic mass is 10.1. The first-order chi connectivity index (χ1) is 22.6. The van der Waals surface area contributed by atoms with Crippen molar-refractivity contribution in [3.05, 3.63) is 89.5 Å². The number of carbonyl (C=O) groups is 1. The molecule has 0 atom stereocenters. The number of hydrogen-bond acceptors (Lipinski definition) is 9. The molecule has 0 unspecified atom stereocenters. The molecule has 0 aliphatic carbocycles. The van der Waals surface area contributed by atoms with E-state index in [-0.39, 0.29) is 29.0 Å². The first-order valence-electron chi connectivity index (χ1n) is 16.4. The van der Waals surface area contributed by atoms with E-state index in [1.807, 2.05) is 36.9 Å². The third-order valence-electron chi connectivity index (χ3n) is 7.01. The zero-order chi connectivity index (χ0) is 35.3. The number of nitrogens with zero attached hydrogens (tertiary/aromatic N) is 1. The standard InChI is InChI=1S/C23H35NO4S.C7H16O4.C7H8/c1-4-7-8-9-10-14-20-28-23(25)22(18-15-19-24(5-2)6-3)29(26,27)21-16-12-11-13-17-21;1-8-6(9-2)5-7(10-3)11-4;1-7-5-3-2-4-6-7/h11-13,15-19H,4-10,14,20H2,1-3H3;6-7H,5H2,1-4H3;2-6H,1H3/b19-15+,22-18-;;. The van der Waals surface area contributed by atoms with Gasteiger partial charge in [0.15, 0.2) is 17.5 Å². The van der Waals surface area contributed by atoms with Gasteiger partial charge in [-0.3, -0.25) is 0 Å². The summed E-state index contributed by atoms with van der Waals surface area (Å²) in [7, 11) is 2.37. The average molecular weight is 678 g/mol. The molecule has 0 saturated carbocycles. The predicted molar refractivity (Wildman–Crippen MR) is 190 cm³/mol. The highest BCUT2D eigenvalue weighted by Gasteiger charge is 2.27. The average Bonchev–Trinajstić information content (AvgIpc) is 3.09. The van der Waals surface area contributed by atoms with E-state index in [0.29, 0.717) is 6.42 Å². The number of rotatable bonds is 20. The van der Waals surface area contributed by atoms with E-state index in [0.717, 1.165) is 32.4 Å². The van der Waals surface area contributed by atoms with Crippen molar-refractivity contribution in [1.82, 2.24) is 4.90 Å². The molecular formula is C37H59NO8S. The van der Waals surface area contributed by atoms with Crippen LogP contribution < -0.4 is 0 Å². The summed E-state index contributed by atoms with van der Waals surface area (Å²) in [4.78, 5) is 14.3. The van der Waals surface area contributed by atoms with Crippen LogP contribution in [0.25, 0.3) is 0 Å². The number of ether oxygens (including phenoxy) is 5. The monoisotopic (exact) mass is 677 g/mol. The highest BCUT2D eigenvalue weighted by atomic mass is 32.2. The molecule has 0 radical (unpaired) electrons. The minimum atomic E-state index is -3.95. The Morgan fingerprint density at radius 1 is 0.745 bits per heavy atom. The predicted octanol–water partition coefficient (Wildman–Crippen LogP) is 7.71. The second-order valence-corrected chi connectivity index (χ2v) is 12.4. The summed E-state index contributed by atoms with van der Waals surface area (Å²) in [5.74, 6) is -0.799. The second kappa shape index (κ2) is 28.0. The lowest BCUT2D eigenvalue weighted by Crippen LogP contribution is -2.24. The molecule has 0 aliphatic rings. The van der Waals surface area contributed by atoms with Crippen molar-refractivity contribution in [3.8, 4) is 0 Å². The second-order valence-electron chi connectivity index (χ2n) is 10.5. The smallest absolute Gasteiger partial charge is 0.350 e. The topological polar surface area (TPSA) is 101 Å². The van der Waals surface area contributed by atoms with Gasteiger partial charge in [-0.15, -0.1) is 0 Å². The van der Waals surface area contributed by atoms with Crippen molar-refractivity contribution in [2.24, 2.45) is 0 Å². The fourth-order valence-electron chi connectivity index (χ4n) is 4.07. The molecule has 2 aromatic carbocycles. The van der Waals surface area contributed by atoms with Gasteiger partial charge in [0.05, 0.1) is 11.5 Å². The van der Waals surface area contributed by atoms with Gasteiger partial charge >= 0.3 is 5.97 Å². The fourth-order valence-corrected chi connectivity index (χ4v) is 5.37. The molecule has 2 aromatic rings. The van der Waals surface area contributed by atoms with E-state index in [1.54, 1.807) is 58.9 Å². The summed E-state index contributed by atoms with van der Waals surface area (Å²) in [5.41, 5.74) is 1.32. The van der Waals surface area contributed by atoms with Crippen molar-refractivity contribution in [3.63, 3.8) is 0 Å². The normalized spacial score (nSPS) is 11.6. The van der Waals surface area contributed by atoms with E-state index in [2.05, 4.69) is 26.0 Å². The highest BCUT2D eigenvalue weighted by Crippen LogP contribution is 2.21. The Morgan fingerprint density at radius 3 is 1.68 bits per heavy atom. The van der Waals surface area contributed by atoms with Gasteiger partial charge in [0, 0.05) is 47.9 Å². The molecule has 0 heterocycles. The van der Waals surface area contributed by atoms with Gasteiger partial charge < -0.3 is 28.6 Å². The third kappa shape index (κ3) is 20.1. The van der Waals surface area contributed by atoms with E-state index in [1.165, 1.54) is 43.0 Å². The summed E-state index contributed by atoms with van der Waals surface area (Å²) < 4.78 is 51.1. The summed E-state index contributed by atoms with van der Waals surface area (Å²) in [6.45, 7) is 10.1. The summed E-state index contributed by atoms with van der Waals surface area (Å²) in [5, 5.41) is 0. The number of esters is 1. The number of unbranched alkanes of at least 4 members (excludes halogenated alkanes) is 5. The maximum Gasteiger partial charge on any atom is 0.350 e. The number of sulfone groups is 1. The van der Waals surface area contributed by atoms with Crippen LogP contribution >= 0.6 is 0 Å². The van der Waals surface area contributed by atoms with Crippen LogP contribution in [0.2, 0.25) is 0 Å². The molecule has 0 saturated heterocycles. The molecule has 0 fully saturated rings. The Balaban J connectivity index is 0.000000949. The molecule has 0 bridgehead atoms. The lowest BCUT2D eigenvalue weighted by Gasteiger charge is -2.18. The Labute approximate surface area is 284 Å². The van der Waals surface area contributed by atoms with Crippen LogP contribution in [-0.4, -0.2) is 80.0 Å². The minimum absolute atomic E-state index is 0.0824. The van der Waals surface area contributed by atoms with Gasteiger partial charge in [-0.1, -0.05) is 93.1 Å². The summed E-state index contributed by atoms with van der Waals surface area (Å²) >= 11 is 0. The number of hydrogen-bond donors (Lipinski definition) is 0. The van der Waals surface area contributed by atoms with Gasteiger partial charge in [-0.2, -0.15) is 0 Å². The molecule has 10 heteroatoms. The molecule has 47 heavy (non-hydrogen) atoms. The van der Waals surface area contributed by atoms with Crippen LogP contribution in [-0.2, 0) is 38.3 Å². The maximum absolute atomic E-state index is 13.0. The van der Waals surface area contributed by atoms with Crippen LogP contribution in [0.4, 0.5) is 0 Å². The zero-order valence-electron chi connectivity index (χ0n) is 29.9. The number of allylic oxidation sites excluding steroid dienone is 2. The van der Waals surface area contributed by atoms with E-state index in [9.17, 15) is 13.2 Å². The van der Waals surface area contributed by atoms with Gasteiger partial charge in [-0.25, -0.2) is 13.2 Å². The van der Waals surface area contributed by atoms with Gasteiger partial charge in [0.1, 0.15) is 0 Å². The summed E-state index contributed by atoms with van der Waals surface area (Å²) in [6, 6.07) is 18.2. The van der Waals surface area contributed by atoms with Crippen LogP contribution in [0.1, 0.15) is 71.3 Å². The molecule has 0 N–H and O–H groups in total. The zero-order valence-corrected chi connectivity index (χ0v) is 30.7. The van der Waals surface area contributed by atoms with Crippen molar-refractivity contribution < 1.29 is 36.9 Å². The Hall–Kier alpha value is -3.02. The van der Waals surface area contributed by atoms with Crippen molar-refractivity contribution in [1.29, 1.82) is 0 Å². The molecule has 266 valence electrons. The van der Waals surface area contributed by atoms with E-state index in [4.69, 9.17) is 23.7 Å². The summed E-state index contributed by atoms with van der Waals surface area (Å²) in [6.07, 6.45) is 11.1. The van der Waals surface area contributed by atoms with E-state index < -0.39 is 15.8 Å². The Kier molecular flexibility index (Phi) is 26.2. The maximum atomic E-state index is 13.0. The molecule has 0 aromatic heterocycles. The molecule has 9 nitrogen and oxygen atoms in total. The van der Waals surface area contributed by atoms with Crippen molar-refractivity contribution in [2.75, 3.05) is 48.1 Å². The van der Waals surface area contributed by atoms with Crippen LogP contribution in [0.5, 0.6) is 0 Å². The quantitative estimate of drug-likeness (QED) is 0.0459. The van der Waals surface area contributed by atoms with Gasteiger partial charge in [0.2, 0.25) is 9.84 Å². The van der Waals surface area contributed by atoms with Crippen LogP contribution in [0, 0.1) is 6.92 Å². The molecule has 0 spiro atoms.